The van der Waals surface area contributed by atoms with Crippen LogP contribution in [0, 0.1) is 11.3 Å². The molecule has 3 aliphatic rings. The maximum atomic E-state index is 12.3. The summed E-state index contributed by atoms with van der Waals surface area (Å²) >= 11 is 0. The minimum atomic E-state index is 0. The molecule has 2 N–H and O–H groups in total. The fourth-order valence-corrected chi connectivity index (χ4v) is 4.35. The van der Waals surface area contributed by atoms with Crippen molar-refractivity contribution in [3.05, 3.63) is 11.7 Å². The van der Waals surface area contributed by atoms with Gasteiger partial charge in [0.2, 0.25) is 11.8 Å². The summed E-state index contributed by atoms with van der Waals surface area (Å²) in [5.41, 5.74) is 0.275. The predicted octanol–water partition coefficient (Wildman–Crippen LogP) is 2.55. The summed E-state index contributed by atoms with van der Waals surface area (Å²) in [6, 6.07) is 0. The summed E-state index contributed by atoms with van der Waals surface area (Å²) in [5.74, 6) is 2.15. The summed E-state index contributed by atoms with van der Waals surface area (Å²) in [7, 11) is 0. The van der Waals surface area contributed by atoms with Crippen molar-refractivity contribution >= 4 is 18.3 Å². The number of hydrogen-bond acceptors (Lipinski definition) is 5. The van der Waals surface area contributed by atoms with Crippen molar-refractivity contribution < 1.29 is 9.32 Å². The lowest BCUT2D eigenvalue weighted by atomic mass is 9.89. The minimum Gasteiger partial charge on any atom is -0.347 e. The van der Waals surface area contributed by atoms with Crippen LogP contribution in [0.2, 0.25) is 0 Å². The fourth-order valence-electron chi connectivity index (χ4n) is 4.35. The Kier molecular flexibility index (Phi) is 5.45. The van der Waals surface area contributed by atoms with Crippen molar-refractivity contribution in [3.63, 3.8) is 0 Å². The Labute approximate surface area is 148 Å². The van der Waals surface area contributed by atoms with E-state index in [1.54, 1.807) is 0 Å². The van der Waals surface area contributed by atoms with E-state index in [2.05, 4.69) is 20.8 Å². The molecule has 0 radical (unpaired) electrons. The first-order valence-corrected chi connectivity index (χ1v) is 9.08. The first kappa shape index (κ1) is 17.7. The number of piperidine rings is 1. The second kappa shape index (κ2) is 7.40. The molecule has 2 saturated carbocycles. The number of carbonyl (C=O) groups is 1. The molecule has 1 spiro atoms. The number of hydrogen-bond donors (Lipinski definition) is 2. The third-order valence-corrected chi connectivity index (χ3v) is 5.97. The number of nitrogens with one attached hydrogen (secondary N) is 2. The van der Waals surface area contributed by atoms with Crippen LogP contribution in [0.3, 0.4) is 0 Å². The molecule has 3 fully saturated rings. The molecule has 1 unspecified atom stereocenters. The molecule has 1 aromatic heterocycles. The lowest BCUT2D eigenvalue weighted by molar-refractivity contribution is -0.123. The van der Waals surface area contributed by atoms with Gasteiger partial charge < -0.3 is 15.2 Å². The van der Waals surface area contributed by atoms with Gasteiger partial charge in [0.25, 0.3) is 0 Å². The van der Waals surface area contributed by atoms with Gasteiger partial charge in [-0.15, -0.1) is 12.4 Å². The van der Waals surface area contributed by atoms with Crippen molar-refractivity contribution in [2.45, 2.75) is 63.8 Å². The van der Waals surface area contributed by atoms with Crippen molar-refractivity contribution in [2.75, 3.05) is 13.1 Å². The highest BCUT2D eigenvalue weighted by molar-refractivity contribution is 5.85. The largest absolute Gasteiger partial charge is 0.347 e. The number of nitrogens with zero attached hydrogens (tertiary/aromatic N) is 2. The Bertz CT molecular complexity index is 565. The van der Waals surface area contributed by atoms with Gasteiger partial charge in [-0.25, -0.2) is 0 Å². The third-order valence-electron chi connectivity index (χ3n) is 5.97. The summed E-state index contributed by atoms with van der Waals surface area (Å²) in [5, 5.41) is 10.5. The second-order valence-corrected chi connectivity index (χ2v) is 7.47. The Morgan fingerprint density at radius 2 is 2.00 bits per heavy atom. The monoisotopic (exact) mass is 354 g/mol. The van der Waals surface area contributed by atoms with E-state index < -0.39 is 0 Å². The lowest BCUT2D eigenvalue weighted by Gasteiger charge is -2.23. The number of carbonyl (C=O) groups excluding carboxylic acids is 1. The smallest absolute Gasteiger partial charge is 0.246 e. The molecular weight excluding hydrogens is 328 g/mol. The Balaban J connectivity index is 0.00000169. The van der Waals surface area contributed by atoms with Crippen LogP contribution in [0.25, 0.3) is 0 Å². The molecule has 4 rings (SSSR count). The quantitative estimate of drug-likeness (QED) is 0.868. The molecule has 6 nitrogen and oxygen atoms in total. The molecule has 24 heavy (non-hydrogen) atoms. The first-order valence-electron chi connectivity index (χ1n) is 9.08. The lowest BCUT2D eigenvalue weighted by Crippen LogP contribution is -2.33. The van der Waals surface area contributed by atoms with E-state index in [1.807, 2.05) is 0 Å². The molecule has 1 aliphatic heterocycles. The molecule has 1 aromatic rings. The van der Waals surface area contributed by atoms with Crippen LogP contribution in [0.1, 0.15) is 69.0 Å². The maximum Gasteiger partial charge on any atom is 0.246 e. The highest BCUT2D eigenvalue weighted by Gasteiger charge is 2.57. The van der Waals surface area contributed by atoms with Crippen LogP contribution in [0.15, 0.2) is 4.52 Å². The van der Waals surface area contributed by atoms with Crippen LogP contribution in [0.4, 0.5) is 0 Å². The number of halogens is 1. The van der Waals surface area contributed by atoms with Gasteiger partial charge >= 0.3 is 0 Å². The highest BCUT2D eigenvalue weighted by Crippen LogP contribution is 2.58. The second-order valence-electron chi connectivity index (χ2n) is 7.47. The van der Waals surface area contributed by atoms with Gasteiger partial charge in [0.15, 0.2) is 5.82 Å². The number of amides is 1. The first-order chi connectivity index (χ1) is 11.3. The van der Waals surface area contributed by atoms with Crippen LogP contribution in [0.5, 0.6) is 0 Å². The van der Waals surface area contributed by atoms with Crippen LogP contribution in [-0.4, -0.2) is 29.1 Å². The Morgan fingerprint density at radius 3 is 2.75 bits per heavy atom. The van der Waals surface area contributed by atoms with E-state index in [9.17, 15) is 4.79 Å². The van der Waals surface area contributed by atoms with Gasteiger partial charge in [0.1, 0.15) is 0 Å². The Hall–Kier alpha value is -1.14. The molecule has 1 atom stereocenters. The molecular formula is C17H27ClN4O2. The summed E-state index contributed by atoms with van der Waals surface area (Å²) in [4.78, 5) is 16.8. The zero-order valence-corrected chi connectivity index (χ0v) is 14.9. The zero-order valence-electron chi connectivity index (χ0n) is 14.1. The van der Waals surface area contributed by atoms with Gasteiger partial charge in [-0.3, -0.25) is 4.79 Å². The number of aromatic nitrogens is 2. The van der Waals surface area contributed by atoms with Gasteiger partial charge in [-0.2, -0.15) is 4.98 Å². The average molecular weight is 355 g/mol. The molecule has 2 aliphatic carbocycles. The molecule has 2 heterocycles. The SMILES string of the molecule is Cl.O=C(NCc1nc(C2CCCCC2)no1)C1CC12CCNCC2. The topological polar surface area (TPSA) is 80.1 Å². The maximum absolute atomic E-state index is 12.3. The number of rotatable bonds is 4. The van der Waals surface area contributed by atoms with Crippen LogP contribution in [-0.2, 0) is 11.3 Å². The van der Waals surface area contributed by atoms with E-state index >= 15 is 0 Å². The predicted molar refractivity (Wildman–Crippen MR) is 91.9 cm³/mol. The van der Waals surface area contributed by atoms with Gasteiger partial charge in [0, 0.05) is 11.8 Å². The summed E-state index contributed by atoms with van der Waals surface area (Å²) in [6.45, 7) is 2.44. The molecule has 134 valence electrons. The fraction of sp³-hybridized carbons (Fsp3) is 0.824. The van der Waals surface area contributed by atoms with Crippen molar-refractivity contribution in [2.24, 2.45) is 11.3 Å². The zero-order chi connectivity index (χ0) is 15.7. The summed E-state index contributed by atoms with van der Waals surface area (Å²) in [6.07, 6.45) is 9.42. The van der Waals surface area contributed by atoms with Crippen molar-refractivity contribution in [1.29, 1.82) is 0 Å². The van der Waals surface area contributed by atoms with Gasteiger partial charge in [-0.05, 0) is 50.6 Å². The molecule has 0 bridgehead atoms. The minimum absolute atomic E-state index is 0. The molecule has 7 heteroatoms. The van der Waals surface area contributed by atoms with E-state index in [-0.39, 0.29) is 29.6 Å². The molecule has 1 saturated heterocycles. The Morgan fingerprint density at radius 1 is 1.25 bits per heavy atom. The van der Waals surface area contributed by atoms with Gasteiger partial charge in [0.05, 0.1) is 6.54 Å². The van der Waals surface area contributed by atoms with E-state index in [1.165, 1.54) is 19.3 Å². The molecule has 0 aromatic carbocycles. The van der Waals surface area contributed by atoms with Crippen molar-refractivity contribution in [3.8, 4) is 0 Å². The van der Waals surface area contributed by atoms with E-state index in [4.69, 9.17) is 4.52 Å². The normalized spacial score (nSPS) is 25.9. The highest BCUT2D eigenvalue weighted by atomic mass is 35.5. The van der Waals surface area contributed by atoms with E-state index in [0.717, 1.165) is 51.0 Å². The third kappa shape index (κ3) is 3.59. The van der Waals surface area contributed by atoms with Crippen LogP contribution < -0.4 is 10.6 Å². The van der Waals surface area contributed by atoms with E-state index in [0.29, 0.717) is 18.4 Å². The standard InChI is InChI=1S/C17H26N4O2.ClH/c22-16(13-10-17(13)6-8-18-9-7-17)19-11-14-20-15(21-23-14)12-4-2-1-3-5-12;/h12-13,18H,1-11H2,(H,19,22);1H. The van der Waals surface area contributed by atoms with Crippen molar-refractivity contribution in [1.82, 2.24) is 20.8 Å². The summed E-state index contributed by atoms with van der Waals surface area (Å²) < 4.78 is 5.32. The molecule has 1 amide bonds. The van der Waals surface area contributed by atoms with Crippen LogP contribution >= 0.6 is 12.4 Å². The average Bonchev–Trinajstić information content (AvgIpc) is 3.08. The van der Waals surface area contributed by atoms with Gasteiger partial charge in [-0.1, -0.05) is 24.4 Å².